The van der Waals surface area contributed by atoms with Crippen LogP contribution in [0.15, 0.2) is 48.0 Å². The minimum atomic E-state index is -1.04. The smallest absolute Gasteiger partial charge is 0.295 e. The van der Waals surface area contributed by atoms with Crippen LogP contribution in [0.3, 0.4) is 0 Å². The number of likely N-dealkylation sites (tertiary alicyclic amines) is 1. The number of hydrogen-bond donors (Lipinski definition) is 1. The normalized spacial score (nSPS) is 22.3. The van der Waals surface area contributed by atoms with Gasteiger partial charge in [-0.1, -0.05) is 18.2 Å². The molecule has 1 amide bonds. The quantitative estimate of drug-likeness (QED) is 0.465. The number of ether oxygens (including phenoxy) is 2. The molecule has 0 saturated carbocycles. The minimum Gasteiger partial charge on any atom is -0.507 e. The number of rotatable bonds is 5. The van der Waals surface area contributed by atoms with Crippen molar-refractivity contribution < 1.29 is 28.6 Å². The first kappa shape index (κ1) is 20.1. The van der Waals surface area contributed by atoms with Crippen molar-refractivity contribution in [2.24, 2.45) is 0 Å². The zero-order valence-electron chi connectivity index (χ0n) is 16.7. The van der Waals surface area contributed by atoms with Crippen LogP contribution in [0.5, 0.6) is 5.75 Å². The van der Waals surface area contributed by atoms with E-state index in [9.17, 15) is 19.1 Å². The number of Topliss-reactive ketones (excluding diaryl/α,β-unsaturated/α-hetero) is 1. The number of benzene rings is 2. The Kier molecular flexibility index (Phi) is 5.30. The first-order valence-electron chi connectivity index (χ1n) is 9.74. The molecular weight excluding hydrogens is 389 g/mol. The highest BCUT2D eigenvalue weighted by atomic mass is 19.1. The maximum absolute atomic E-state index is 14.7. The lowest BCUT2D eigenvalue weighted by molar-refractivity contribution is -0.140. The van der Waals surface area contributed by atoms with E-state index in [1.807, 2.05) is 6.92 Å². The second-order valence-corrected chi connectivity index (χ2v) is 7.46. The van der Waals surface area contributed by atoms with Crippen LogP contribution < -0.4 is 4.74 Å². The van der Waals surface area contributed by atoms with Gasteiger partial charge < -0.3 is 19.5 Å². The Hall–Kier alpha value is -3.19. The number of halogens is 1. The molecular formula is C23H22FNO5. The summed E-state index contributed by atoms with van der Waals surface area (Å²) in [5, 5.41) is 11.1. The van der Waals surface area contributed by atoms with Crippen molar-refractivity contribution >= 4 is 17.4 Å². The topological polar surface area (TPSA) is 76.1 Å². The van der Waals surface area contributed by atoms with Crippen molar-refractivity contribution in [1.82, 2.24) is 4.90 Å². The van der Waals surface area contributed by atoms with E-state index in [2.05, 4.69) is 0 Å². The molecule has 2 aliphatic heterocycles. The molecule has 0 radical (unpaired) electrons. The van der Waals surface area contributed by atoms with Crippen LogP contribution in [0.2, 0.25) is 0 Å². The predicted molar refractivity (Wildman–Crippen MR) is 108 cm³/mol. The van der Waals surface area contributed by atoms with Crippen LogP contribution in [0.25, 0.3) is 5.76 Å². The van der Waals surface area contributed by atoms with Crippen LogP contribution >= 0.6 is 0 Å². The standard InChI is InChI=1S/C23H22FNO5/c1-13-11-15-12-14(7-8-18(15)30-13)21(26)19-20(16-5-3-4-6-17(16)24)25(9-10-29-2)23(28)22(19)27/h3-8,12-13,20,26H,9-11H2,1-2H3/b21-19+/t13-,20-/m0/s1. The van der Waals surface area contributed by atoms with Gasteiger partial charge in [-0.15, -0.1) is 0 Å². The Morgan fingerprint density at radius 2 is 2.03 bits per heavy atom. The van der Waals surface area contributed by atoms with Crippen molar-refractivity contribution in [2.75, 3.05) is 20.3 Å². The summed E-state index contributed by atoms with van der Waals surface area (Å²) < 4.78 is 25.4. The molecule has 6 nitrogen and oxygen atoms in total. The van der Waals surface area contributed by atoms with Gasteiger partial charge in [0, 0.05) is 31.2 Å². The predicted octanol–water partition coefficient (Wildman–Crippen LogP) is 3.22. The van der Waals surface area contributed by atoms with Crippen LogP contribution in [-0.2, 0) is 20.7 Å². The van der Waals surface area contributed by atoms with Gasteiger partial charge in [-0.2, -0.15) is 0 Å². The Labute approximate surface area is 173 Å². The summed E-state index contributed by atoms with van der Waals surface area (Å²) in [4.78, 5) is 26.8. The summed E-state index contributed by atoms with van der Waals surface area (Å²) >= 11 is 0. The Bertz CT molecular complexity index is 1050. The molecule has 2 aromatic carbocycles. The summed E-state index contributed by atoms with van der Waals surface area (Å²) in [7, 11) is 1.47. The van der Waals surface area contributed by atoms with Crippen LogP contribution in [-0.4, -0.2) is 48.1 Å². The number of carbonyl (C=O) groups is 2. The number of aliphatic hydroxyl groups excluding tert-OH is 1. The van der Waals surface area contributed by atoms with Gasteiger partial charge in [-0.3, -0.25) is 9.59 Å². The van der Waals surface area contributed by atoms with E-state index in [4.69, 9.17) is 9.47 Å². The second-order valence-electron chi connectivity index (χ2n) is 7.46. The fraction of sp³-hybridized carbons (Fsp3) is 0.304. The van der Waals surface area contributed by atoms with Gasteiger partial charge in [-0.05, 0) is 36.8 Å². The van der Waals surface area contributed by atoms with E-state index >= 15 is 0 Å². The fourth-order valence-corrected chi connectivity index (χ4v) is 4.05. The van der Waals surface area contributed by atoms with Crippen LogP contribution in [0.1, 0.15) is 29.7 Å². The number of hydrogen-bond acceptors (Lipinski definition) is 5. The minimum absolute atomic E-state index is 0.0236. The van der Waals surface area contributed by atoms with Gasteiger partial charge in [0.15, 0.2) is 0 Å². The van der Waals surface area contributed by atoms with Gasteiger partial charge >= 0.3 is 0 Å². The first-order valence-corrected chi connectivity index (χ1v) is 9.74. The third kappa shape index (κ3) is 3.35. The lowest BCUT2D eigenvalue weighted by Crippen LogP contribution is -2.33. The number of aliphatic hydroxyl groups is 1. The van der Waals surface area contributed by atoms with Gasteiger partial charge in [0.1, 0.15) is 23.4 Å². The molecule has 0 bridgehead atoms. The lowest BCUT2D eigenvalue weighted by atomic mass is 9.94. The van der Waals surface area contributed by atoms with Crippen LogP contribution in [0, 0.1) is 5.82 Å². The summed E-state index contributed by atoms with van der Waals surface area (Å²) in [5.74, 6) is -1.80. The molecule has 156 valence electrons. The molecule has 0 unspecified atom stereocenters. The van der Waals surface area contributed by atoms with Gasteiger partial charge in [0.25, 0.3) is 11.7 Å². The van der Waals surface area contributed by atoms with Crippen LogP contribution in [0.4, 0.5) is 4.39 Å². The maximum atomic E-state index is 14.7. The second kappa shape index (κ2) is 7.91. The van der Waals surface area contributed by atoms with Crippen molar-refractivity contribution in [3.05, 3.63) is 70.5 Å². The van der Waals surface area contributed by atoms with Gasteiger partial charge in [-0.25, -0.2) is 4.39 Å². The molecule has 2 heterocycles. The summed E-state index contributed by atoms with van der Waals surface area (Å²) in [5.41, 5.74) is 1.31. The van der Waals surface area contributed by atoms with E-state index in [-0.39, 0.29) is 36.2 Å². The number of carbonyl (C=O) groups excluding carboxylic acids is 2. The van der Waals surface area contributed by atoms with E-state index < -0.39 is 23.5 Å². The van der Waals surface area contributed by atoms with E-state index in [0.29, 0.717) is 12.0 Å². The molecule has 30 heavy (non-hydrogen) atoms. The lowest BCUT2D eigenvalue weighted by Gasteiger charge is -2.25. The SMILES string of the molecule is COCCN1C(=O)C(=O)/C(=C(/O)c2ccc3c(c2)C[C@H](C)O3)[C@@H]1c1ccccc1F. The zero-order chi connectivity index (χ0) is 21.4. The van der Waals surface area contributed by atoms with E-state index in [1.165, 1.54) is 30.2 Å². The molecule has 1 N–H and O–H groups in total. The molecule has 2 aromatic rings. The number of methoxy groups -OCH3 is 1. The molecule has 0 aromatic heterocycles. The number of amides is 1. The Morgan fingerprint density at radius 1 is 1.27 bits per heavy atom. The first-order chi connectivity index (χ1) is 14.4. The summed E-state index contributed by atoms with van der Waals surface area (Å²) in [6.45, 7) is 2.21. The largest absolute Gasteiger partial charge is 0.507 e. The number of fused-ring (bicyclic) bond motifs is 1. The van der Waals surface area contributed by atoms with E-state index in [1.54, 1.807) is 24.3 Å². The molecule has 2 aliphatic rings. The molecule has 7 heteroatoms. The third-order valence-corrected chi connectivity index (χ3v) is 5.45. The molecule has 2 atom stereocenters. The highest BCUT2D eigenvalue weighted by molar-refractivity contribution is 6.46. The Balaban J connectivity index is 1.85. The fourth-order valence-electron chi connectivity index (χ4n) is 4.05. The highest BCUT2D eigenvalue weighted by Gasteiger charge is 2.46. The average molecular weight is 411 g/mol. The van der Waals surface area contributed by atoms with Gasteiger partial charge in [0.05, 0.1) is 18.2 Å². The molecule has 1 saturated heterocycles. The molecule has 1 fully saturated rings. The Morgan fingerprint density at radius 3 is 2.77 bits per heavy atom. The molecule has 4 rings (SSSR count). The number of ketones is 1. The molecule has 0 aliphatic carbocycles. The maximum Gasteiger partial charge on any atom is 0.295 e. The van der Waals surface area contributed by atoms with Crippen molar-refractivity contribution in [3.8, 4) is 5.75 Å². The monoisotopic (exact) mass is 411 g/mol. The van der Waals surface area contributed by atoms with Crippen molar-refractivity contribution in [1.29, 1.82) is 0 Å². The van der Waals surface area contributed by atoms with Crippen molar-refractivity contribution in [3.63, 3.8) is 0 Å². The summed E-state index contributed by atoms with van der Waals surface area (Å²) in [6.07, 6.45) is 0.700. The number of nitrogens with zero attached hydrogens (tertiary/aromatic N) is 1. The molecule has 0 spiro atoms. The average Bonchev–Trinajstić information content (AvgIpc) is 3.22. The third-order valence-electron chi connectivity index (χ3n) is 5.45. The summed E-state index contributed by atoms with van der Waals surface area (Å²) in [6, 6.07) is 10.0. The highest BCUT2D eigenvalue weighted by Crippen LogP contribution is 2.41. The zero-order valence-corrected chi connectivity index (χ0v) is 16.7. The van der Waals surface area contributed by atoms with Gasteiger partial charge in [0.2, 0.25) is 0 Å². The van der Waals surface area contributed by atoms with Crippen molar-refractivity contribution in [2.45, 2.75) is 25.5 Å². The van der Waals surface area contributed by atoms with E-state index in [0.717, 1.165) is 11.3 Å².